The van der Waals surface area contributed by atoms with Gasteiger partial charge in [-0.2, -0.15) is 12.6 Å². The Bertz CT molecular complexity index is 1320. The molecule has 0 fully saturated rings. The molecule has 10 heteroatoms. The van der Waals surface area contributed by atoms with Gasteiger partial charge >= 0.3 is 0 Å². The van der Waals surface area contributed by atoms with Gasteiger partial charge in [0.2, 0.25) is 0 Å². The van der Waals surface area contributed by atoms with Crippen LogP contribution in [-0.4, -0.2) is 16.4 Å². The Kier molecular flexibility index (Phi) is 12.4. The summed E-state index contributed by atoms with van der Waals surface area (Å²) in [4.78, 5) is 16.9. The highest BCUT2D eigenvalue weighted by Gasteiger charge is 2.18. The number of benzene rings is 2. The van der Waals surface area contributed by atoms with Crippen molar-refractivity contribution in [3.8, 4) is 5.75 Å². The van der Waals surface area contributed by atoms with E-state index in [-0.39, 0.29) is 11.4 Å². The lowest BCUT2D eigenvalue weighted by Crippen LogP contribution is -2.28. The average molecular weight is 578 g/mol. The number of pyridine rings is 1. The molecule has 1 aliphatic rings. The van der Waals surface area contributed by atoms with E-state index in [1.807, 2.05) is 56.5 Å². The Labute approximate surface area is 243 Å². The lowest BCUT2D eigenvalue weighted by Gasteiger charge is -2.18. The number of thioether (sulfide) groups is 1. The molecule has 4 rings (SSSR count). The minimum atomic E-state index is -0.188. The van der Waals surface area contributed by atoms with E-state index >= 15 is 0 Å². The smallest absolute Gasteiger partial charge is 0.255 e. The van der Waals surface area contributed by atoms with Gasteiger partial charge in [0.05, 0.1) is 17.7 Å². The third-order valence-corrected chi connectivity index (χ3v) is 6.76. The number of rotatable bonds is 9. The van der Waals surface area contributed by atoms with E-state index in [0.717, 1.165) is 22.5 Å². The fourth-order valence-corrected chi connectivity index (χ4v) is 4.56. The summed E-state index contributed by atoms with van der Waals surface area (Å²) in [6, 6.07) is 16.8. The van der Waals surface area contributed by atoms with Crippen LogP contribution in [0.3, 0.4) is 0 Å². The van der Waals surface area contributed by atoms with E-state index in [2.05, 4.69) is 39.0 Å². The Morgan fingerprint density at radius 2 is 2.00 bits per heavy atom. The Balaban J connectivity index is 0.000000983. The average Bonchev–Trinajstić information content (AvgIpc) is 3.44. The van der Waals surface area contributed by atoms with E-state index in [4.69, 9.17) is 9.92 Å². The van der Waals surface area contributed by atoms with Crippen LogP contribution in [-0.2, 0) is 0 Å². The van der Waals surface area contributed by atoms with Gasteiger partial charge in [0.25, 0.3) is 5.91 Å². The summed E-state index contributed by atoms with van der Waals surface area (Å²) in [6.07, 6.45) is 10.5. The van der Waals surface area contributed by atoms with Gasteiger partial charge in [0.15, 0.2) is 0 Å². The highest BCUT2D eigenvalue weighted by molar-refractivity contribution is 8.03. The van der Waals surface area contributed by atoms with Crippen LogP contribution in [0.5, 0.6) is 5.75 Å². The van der Waals surface area contributed by atoms with E-state index in [0.29, 0.717) is 17.0 Å². The Morgan fingerprint density at radius 1 is 1.21 bits per heavy atom. The number of aromatic nitrogens is 1. The first-order chi connectivity index (χ1) is 19.0. The van der Waals surface area contributed by atoms with Crippen LogP contribution in [0.25, 0.3) is 5.70 Å². The van der Waals surface area contributed by atoms with Gasteiger partial charge in [-0.15, -0.1) is 0 Å². The monoisotopic (exact) mass is 577 g/mol. The predicted octanol–water partition coefficient (Wildman–Crippen LogP) is 7.14. The van der Waals surface area contributed by atoms with Crippen LogP contribution in [0.15, 0.2) is 108 Å². The molecule has 7 nitrogen and oxygen atoms in total. The second-order valence-corrected chi connectivity index (χ2v) is 9.87. The molecule has 0 aliphatic carbocycles. The number of carbonyl (C=O) groups excluding carboxylic acids is 1. The van der Waals surface area contributed by atoms with Crippen LogP contribution < -0.4 is 25.9 Å². The molecule has 0 spiro atoms. The van der Waals surface area contributed by atoms with Gasteiger partial charge in [0.1, 0.15) is 11.2 Å². The zero-order chi connectivity index (χ0) is 27.9. The third-order valence-electron chi connectivity index (χ3n) is 5.15. The molecule has 2 heterocycles. The minimum Gasteiger partial charge on any atom is -0.421 e. The molecule has 0 saturated heterocycles. The topological polar surface area (TPSA) is 101 Å². The normalized spacial score (nSPS) is 14.5. The van der Waals surface area contributed by atoms with Crippen molar-refractivity contribution in [1.29, 1.82) is 0 Å². The van der Waals surface area contributed by atoms with Gasteiger partial charge < -0.3 is 25.9 Å². The minimum absolute atomic E-state index is 0.0240. The number of aryl methyl sites for hydroxylation is 1. The molecule has 2 aromatic carbocycles. The van der Waals surface area contributed by atoms with Crippen LogP contribution >= 0.6 is 36.4 Å². The summed E-state index contributed by atoms with van der Waals surface area (Å²) >= 11 is 6.82. The standard InChI is InChI=1S/C26H24N4O2S3.C3H7N/c1-18-6-9-21(15-23(18)29-26-30-24(17-34-26)20-5-4-12-27-16-20)28-25(31)19-7-10-22(11-8-19)32-35-14-3-2-13-33;1-2-3-4/h2-17,26,29-30,33H,1H3,(H,28,31);2-3H,4H2,1H3/b13-2-,14-3+;3-2-. The first-order valence-electron chi connectivity index (χ1n) is 12.0. The molecular formula is C29H31N5O2S3. The van der Waals surface area contributed by atoms with Crippen molar-refractivity contribution < 1.29 is 8.98 Å². The fourth-order valence-electron chi connectivity index (χ4n) is 3.16. The Hall–Kier alpha value is -3.73. The molecule has 0 bridgehead atoms. The lowest BCUT2D eigenvalue weighted by molar-refractivity contribution is 0.102. The second kappa shape index (κ2) is 16.3. The summed E-state index contributed by atoms with van der Waals surface area (Å²) in [5.41, 5.74) is 10.2. The molecule has 202 valence electrons. The maximum Gasteiger partial charge on any atom is 0.255 e. The zero-order valence-electron chi connectivity index (χ0n) is 21.6. The van der Waals surface area contributed by atoms with Gasteiger partial charge in [0, 0.05) is 40.3 Å². The number of nitrogens with zero attached hydrogens (tertiary/aromatic N) is 1. The highest BCUT2D eigenvalue weighted by Crippen LogP contribution is 2.30. The van der Waals surface area contributed by atoms with E-state index in [1.54, 1.807) is 65.2 Å². The second-order valence-electron chi connectivity index (χ2n) is 7.96. The number of thiol groups is 1. The summed E-state index contributed by atoms with van der Waals surface area (Å²) in [7, 11) is 0. The first kappa shape index (κ1) is 29.8. The molecule has 1 amide bonds. The maximum atomic E-state index is 12.8. The number of anilines is 2. The van der Waals surface area contributed by atoms with Gasteiger partial charge in [-0.05, 0) is 85.0 Å². The van der Waals surface area contributed by atoms with Crippen molar-refractivity contribution >= 4 is 59.4 Å². The molecule has 1 unspecified atom stereocenters. The van der Waals surface area contributed by atoms with Crippen LogP contribution in [0.1, 0.15) is 28.4 Å². The summed E-state index contributed by atoms with van der Waals surface area (Å²) < 4.78 is 5.55. The zero-order valence-corrected chi connectivity index (χ0v) is 24.1. The molecule has 1 aromatic heterocycles. The van der Waals surface area contributed by atoms with E-state index < -0.39 is 0 Å². The lowest BCUT2D eigenvalue weighted by atomic mass is 10.1. The SMILES string of the molecule is C/C=C\N.Cc1ccc(NC(=O)c2ccc(OS/C=C/C=C\S)cc2)cc1NC1NC(c2cccnc2)=CS1. The summed E-state index contributed by atoms with van der Waals surface area (Å²) in [5.74, 6) is 0.473. The number of carbonyl (C=O) groups is 1. The van der Waals surface area contributed by atoms with Crippen molar-refractivity contribution in [2.45, 2.75) is 19.3 Å². The molecule has 3 aromatic rings. The third kappa shape index (κ3) is 9.82. The highest BCUT2D eigenvalue weighted by atomic mass is 32.2. The predicted molar refractivity (Wildman–Crippen MR) is 170 cm³/mol. The quantitative estimate of drug-likeness (QED) is 0.104. The maximum absolute atomic E-state index is 12.8. The van der Waals surface area contributed by atoms with Crippen molar-refractivity contribution in [1.82, 2.24) is 10.3 Å². The van der Waals surface area contributed by atoms with Crippen molar-refractivity contribution in [3.05, 3.63) is 124 Å². The van der Waals surface area contributed by atoms with Crippen molar-refractivity contribution in [2.24, 2.45) is 5.73 Å². The number of allylic oxidation sites excluding steroid dienone is 3. The largest absolute Gasteiger partial charge is 0.421 e. The molecule has 39 heavy (non-hydrogen) atoms. The number of nitrogens with two attached hydrogens (primary N) is 1. The van der Waals surface area contributed by atoms with Crippen LogP contribution in [0, 0.1) is 6.92 Å². The fraction of sp³-hybridized carbons (Fsp3) is 0.103. The molecule has 5 N–H and O–H groups in total. The van der Waals surface area contributed by atoms with Crippen LogP contribution in [0.4, 0.5) is 11.4 Å². The number of nitrogens with one attached hydrogen (secondary N) is 3. The molecule has 0 radical (unpaired) electrons. The van der Waals surface area contributed by atoms with Gasteiger partial charge in [-0.1, -0.05) is 36.1 Å². The van der Waals surface area contributed by atoms with Crippen molar-refractivity contribution in [2.75, 3.05) is 10.6 Å². The molecule has 1 atom stereocenters. The Morgan fingerprint density at radius 3 is 2.69 bits per heavy atom. The van der Waals surface area contributed by atoms with Crippen LogP contribution in [0.2, 0.25) is 0 Å². The number of hydrogen-bond acceptors (Lipinski definition) is 9. The van der Waals surface area contributed by atoms with E-state index in [9.17, 15) is 4.79 Å². The van der Waals surface area contributed by atoms with Gasteiger partial charge in [-0.3, -0.25) is 9.78 Å². The van der Waals surface area contributed by atoms with Crippen molar-refractivity contribution in [3.63, 3.8) is 0 Å². The summed E-state index contributed by atoms with van der Waals surface area (Å²) in [5, 5.41) is 15.4. The first-order valence-corrected chi connectivity index (χ1v) is 14.2. The van der Waals surface area contributed by atoms with Gasteiger partial charge in [-0.25, -0.2) is 0 Å². The molecule has 1 aliphatic heterocycles. The molecule has 0 saturated carbocycles. The molecular weight excluding hydrogens is 547 g/mol. The summed E-state index contributed by atoms with van der Waals surface area (Å²) in [6.45, 7) is 3.91. The number of hydrogen-bond donors (Lipinski definition) is 5. The number of amides is 1. The van der Waals surface area contributed by atoms with E-state index in [1.165, 1.54) is 18.2 Å².